The van der Waals surface area contributed by atoms with Gasteiger partial charge in [0.15, 0.2) is 0 Å². The van der Waals surface area contributed by atoms with E-state index in [4.69, 9.17) is 5.73 Å². The molecule has 1 aliphatic carbocycles. The fourth-order valence-corrected chi connectivity index (χ4v) is 1.56. The number of rotatable bonds is 6. The molecule has 16 heavy (non-hydrogen) atoms. The van der Waals surface area contributed by atoms with E-state index < -0.39 is 5.54 Å². The van der Waals surface area contributed by atoms with Crippen LogP contribution >= 0.6 is 0 Å². The molecule has 0 heterocycles. The number of carbonyl (C=O) groups excluding carboxylic acids is 2. The summed E-state index contributed by atoms with van der Waals surface area (Å²) in [6.07, 6.45) is 1.86. The Bertz CT molecular complexity index is 270. The highest BCUT2D eigenvalue weighted by atomic mass is 16.2. The van der Waals surface area contributed by atoms with Gasteiger partial charge in [-0.05, 0) is 26.7 Å². The summed E-state index contributed by atoms with van der Waals surface area (Å²) < 4.78 is 0. The monoisotopic (exact) mass is 227 g/mol. The summed E-state index contributed by atoms with van der Waals surface area (Å²) in [4.78, 5) is 24.8. The fourth-order valence-electron chi connectivity index (χ4n) is 1.56. The predicted molar refractivity (Wildman–Crippen MR) is 61.7 cm³/mol. The largest absolute Gasteiger partial charge is 0.354 e. The van der Waals surface area contributed by atoms with Gasteiger partial charge in [-0.15, -0.1) is 0 Å². The third-order valence-electron chi connectivity index (χ3n) is 2.98. The highest BCUT2D eigenvalue weighted by Gasteiger charge is 2.45. The lowest BCUT2D eigenvalue weighted by Gasteiger charge is -2.18. The number of hydrogen-bond acceptors (Lipinski definition) is 3. The number of amides is 2. The molecule has 0 bridgehead atoms. The van der Waals surface area contributed by atoms with Crippen molar-refractivity contribution in [3.8, 4) is 0 Å². The zero-order chi connectivity index (χ0) is 12.2. The molecule has 0 aromatic rings. The van der Waals surface area contributed by atoms with E-state index in [-0.39, 0.29) is 11.8 Å². The first-order valence-electron chi connectivity index (χ1n) is 5.88. The summed E-state index contributed by atoms with van der Waals surface area (Å²) >= 11 is 0. The molecule has 92 valence electrons. The van der Waals surface area contributed by atoms with E-state index in [1.165, 1.54) is 0 Å². The zero-order valence-electron chi connectivity index (χ0n) is 10.1. The summed E-state index contributed by atoms with van der Waals surface area (Å²) in [5.74, 6) is -0.0491. The van der Waals surface area contributed by atoms with Crippen LogP contribution in [0.2, 0.25) is 0 Å². The van der Waals surface area contributed by atoms with E-state index in [0.29, 0.717) is 26.1 Å². The summed E-state index contributed by atoms with van der Waals surface area (Å²) in [6, 6.07) is 0. The molecule has 5 nitrogen and oxygen atoms in total. The second kappa shape index (κ2) is 5.30. The lowest BCUT2D eigenvalue weighted by atomic mass is 10.2. The van der Waals surface area contributed by atoms with Crippen LogP contribution in [0.1, 0.15) is 33.1 Å². The second-order valence-electron chi connectivity index (χ2n) is 4.23. The molecule has 0 radical (unpaired) electrons. The van der Waals surface area contributed by atoms with Gasteiger partial charge in [0.2, 0.25) is 11.8 Å². The van der Waals surface area contributed by atoms with Crippen molar-refractivity contribution in [1.82, 2.24) is 10.2 Å². The molecule has 1 fully saturated rings. The zero-order valence-corrected chi connectivity index (χ0v) is 10.1. The van der Waals surface area contributed by atoms with Gasteiger partial charge in [-0.2, -0.15) is 0 Å². The predicted octanol–water partition coefficient (Wildman–Crippen LogP) is -0.148. The molecule has 0 atom stereocenters. The Balaban J connectivity index is 2.20. The standard InChI is InChI=1S/C11H21N3O2/c1-3-14(4-2)9(15)5-8-13-10(16)11(12)6-7-11/h3-8,12H2,1-2H3,(H,13,16). The van der Waals surface area contributed by atoms with Gasteiger partial charge in [-0.25, -0.2) is 0 Å². The van der Waals surface area contributed by atoms with Gasteiger partial charge < -0.3 is 16.0 Å². The smallest absolute Gasteiger partial charge is 0.240 e. The van der Waals surface area contributed by atoms with Crippen LogP contribution in [-0.2, 0) is 9.59 Å². The lowest BCUT2D eigenvalue weighted by molar-refractivity contribution is -0.130. The number of nitrogens with one attached hydrogen (secondary N) is 1. The summed E-state index contributed by atoms with van der Waals surface area (Å²) in [5, 5.41) is 2.71. The Morgan fingerprint density at radius 2 is 1.88 bits per heavy atom. The molecular weight excluding hydrogens is 206 g/mol. The van der Waals surface area contributed by atoms with Crippen LogP contribution in [0.3, 0.4) is 0 Å². The molecule has 1 saturated carbocycles. The number of nitrogens with two attached hydrogens (primary N) is 1. The van der Waals surface area contributed by atoms with Gasteiger partial charge in [0, 0.05) is 26.1 Å². The van der Waals surface area contributed by atoms with Crippen molar-refractivity contribution in [3.63, 3.8) is 0 Å². The maximum absolute atomic E-state index is 11.6. The van der Waals surface area contributed by atoms with Crippen LogP contribution in [0.15, 0.2) is 0 Å². The highest BCUT2D eigenvalue weighted by molar-refractivity contribution is 5.89. The second-order valence-corrected chi connectivity index (χ2v) is 4.23. The molecule has 0 unspecified atom stereocenters. The molecule has 3 N–H and O–H groups in total. The van der Waals surface area contributed by atoms with E-state index >= 15 is 0 Å². The van der Waals surface area contributed by atoms with Crippen molar-refractivity contribution in [2.45, 2.75) is 38.6 Å². The first kappa shape index (κ1) is 13.0. The van der Waals surface area contributed by atoms with Crippen LogP contribution in [0.5, 0.6) is 0 Å². The van der Waals surface area contributed by atoms with E-state index in [0.717, 1.165) is 12.8 Å². The van der Waals surface area contributed by atoms with E-state index in [1.54, 1.807) is 4.90 Å². The highest BCUT2D eigenvalue weighted by Crippen LogP contribution is 2.31. The molecule has 0 aromatic heterocycles. The minimum atomic E-state index is -0.641. The third kappa shape index (κ3) is 3.20. The lowest BCUT2D eigenvalue weighted by Crippen LogP contribution is -2.44. The van der Waals surface area contributed by atoms with E-state index in [2.05, 4.69) is 5.32 Å². The molecule has 0 aliphatic heterocycles. The Morgan fingerprint density at radius 1 is 1.31 bits per heavy atom. The first-order chi connectivity index (χ1) is 7.53. The van der Waals surface area contributed by atoms with Crippen molar-refractivity contribution in [2.75, 3.05) is 19.6 Å². The van der Waals surface area contributed by atoms with E-state index in [9.17, 15) is 9.59 Å². The first-order valence-corrected chi connectivity index (χ1v) is 5.88. The van der Waals surface area contributed by atoms with Crippen LogP contribution < -0.4 is 11.1 Å². The van der Waals surface area contributed by atoms with Crippen LogP contribution in [0.25, 0.3) is 0 Å². The van der Waals surface area contributed by atoms with Crippen LogP contribution in [-0.4, -0.2) is 41.9 Å². The molecule has 0 spiro atoms. The number of carbonyl (C=O) groups is 2. The quantitative estimate of drug-likeness (QED) is 0.662. The Hall–Kier alpha value is -1.10. The average Bonchev–Trinajstić information content (AvgIpc) is 2.99. The molecule has 2 amide bonds. The molecule has 1 aliphatic rings. The average molecular weight is 227 g/mol. The maximum atomic E-state index is 11.6. The fraction of sp³-hybridized carbons (Fsp3) is 0.818. The van der Waals surface area contributed by atoms with E-state index in [1.807, 2.05) is 13.8 Å². The van der Waals surface area contributed by atoms with Gasteiger partial charge in [-0.1, -0.05) is 0 Å². The van der Waals surface area contributed by atoms with Crippen molar-refractivity contribution in [3.05, 3.63) is 0 Å². The Kier molecular flexibility index (Phi) is 4.29. The Morgan fingerprint density at radius 3 is 2.31 bits per heavy atom. The van der Waals surface area contributed by atoms with Crippen molar-refractivity contribution < 1.29 is 9.59 Å². The molecule has 1 rings (SSSR count). The van der Waals surface area contributed by atoms with Crippen molar-refractivity contribution in [1.29, 1.82) is 0 Å². The Labute approximate surface area is 96.4 Å². The van der Waals surface area contributed by atoms with Gasteiger partial charge in [-0.3, -0.25) is 9.59 Å². The van der Waals surface area contributed by atoms with Gasteiger partial charge in [0.1, 0.15) is 0 Å². The normalized spacial score (nSPS) is 16.7. The van der Waals surface area contributed by atoms with Crippen molar-refractivity contribution >= 4 is 11.8 Å². The van der Waals surface area contributed by atoms with Crippen LogP contribution in [0.4, 0.5) is 0 Å². The number of nitrogens with zero attached hydrogens (tertiary/aromatic N) is 1. The summed E-state index contributed by atoms with van der Waals surface area (Å²) in [5.41, 5.74) is 5.07. The van der Waals surface area contributed by atoms with Gasteiger partial charge in [0.05, 0.1) is 5.54 Å². The van der Waals surface area contributed by atoms with Gasteiger partial charge >= 0.3 is 0 Å². The SMILES string of the molecule is CCN(CC)C(=O)CCNC(=O)C1(N)CC1. The molecular formula is C11H21N3O2. The molecule has 0 aromatic carbocycles. The van der Waals surface area contributed by atoms with Crippen molar-refractivity contribution in [2.24, 2.45) is 5.73 Å². The molecule has 5 heteroatoms. The minimum Gasteiger partial charge on any atom is -0.354 e. The summed E-state index contributed by atoms with van der Waals surface area (Å²) in [6.45, 7) is 5.69. The summed E-state index contributed by atoms with van der Waals surface area (Å²) in [7, 11) is 0. The van der Waals surface area contributed by atoms with Gasteiger partial charge in [0.25, 0.3) is 0 Å². The third-order valence-corrected chi connectivity index (χ3v) is 2.98. The number of hydrogen-bond donors (Lipinski definition) is 2. The maximum Gasteiger partial charge on any atom is 0.240 e. The van der Waals surface area contributed by atoms with Crippen LogP contribution in [0, 0.1) is 0 Å². The topological polar surface area (TPSA) is 75.4 Å². The molecule has 0 saturated heterocycles. The minimum absolute atomic E-state index is 0.0761.